The summed E-state index contributed by atoms with van der Waals surface area (Å²) in [6.45, 7) is 0.812. The second kappa shape index (κ2) is 6.02. The van der Waals surface area contributed by atoms with Gasteiger partial charge in [-0.15, -0.1) is 4.40 Å². The number of hydrogen-bond acceptors (Lipinski definition) is 3. The van der Waals surface area contributed by atoms with Gasteiger partial charge in [0.25, 0.3) is 10.0 Å². The van der Waals surface area contributed by atoms with Gasteiger partial charge in [-0.3, -0.25) is 0 Å². The van der Waals surface area contributed by atoms with Gasteiger partial charge in [0.05, 0.1) is 4.90 Å². The molecule has 116 valence electrons. The molecule has 0 spiro atoms. The molecule has 0 aliphatic carbocycles. The summed E-state index contributed by atoms with van der Waals surface area (Å²) in [6.07, 6.45) is -4.82. The van der Waals surface area contributed by atoms with Crippen LogP contribution < -0.4 is 5.32 Å². The minimum atomic E-state index is -4.82. The van der Waals surface area contributed by atoms with Crippen molar-refractivity contribution in [2.75, 3.05) is 26.2 Å². The van der Waals surface area contributed by atoms with Crippen LogP contribution in [0.5, 0.6) is 0 Å². The van der Waals surface area contributed by atoms with Gasteiger partial charge < -0.3 is 10.2 Å². The average molecular weight is 321 g/mol. The molecule has 1 aromatic rings. The lowest BCUT2D eigenvalue weighted by Crippen LogP contribution is -2.51. The number of halogens is 3. The first-order chi connectivity index (χ1) is 9.81. The molecule has 1 aliphatic rings. The Morgan fingerprint density at radius 1 is 1.14 bits per heavy atom. The first-order valence-electron chi connectivity index (χ1n) is 6.23. The lowest BCUT2D eigenvalue weighted by Gasteiger charge is -2.30. The maximum absolute atomic E-state index is 13.1. The van der Waals surface area contributed by atoms with E-state index in [1.807, 2.05) is 0 Å². The van der Waals surface area contributed by atoms with Gasteiger partial charge in [-0.25, -0.2) is 0 Å². The van der Waals surface area contributed by atoms with Crippen LogP contribution >= 0.6 is 0 Å². The molecule has 0 aromatic heterocycles. The Bertz CT molecular complexity index is 608. The Hall–Kier alpha value is -1.61. The lowest BCUT2D eigenvalue weighted by molar-refractivity contribution is -0.0690. The maximum Gasteiger partial charge on any atom is 0.450 e. The van der Waals surface area contributed by atoms with E-state index in [1.54, 1.807) is 6.07 Å². The second-order valence-electron chi connectivity index (χ2n) is 4.44. The van der Waals surface area contributed by atoms with Crippen LogP contribution in [0.4, 0.5) is 13.2 Å². The van der Waals surface area contributed by atoms with E-state index in [0.29, 0.717) is 13.1 Å². The van der Waals surface area contributed by atoms with Crippen molar-refractivity contribution in [1.82, 2.24) is 10.2 Å². The SMILES string of the molecule is O=S(=O)(/N=C(/N1CCNCC1)C(F)(F)F)c1ccccc1. The quantitative estimate of drug-likeness (QED) is 0.658. The Balaban J connectivity index is 2.41. The Kier molecular flexibility index (Phi) is 4.52. The number of sulfonamides is 1. The summed E-state index contributed by atoms with van der Waals surface area (Å²) in [5.41, 5.74) is 0. The summed E-state index contributed by atoms with van der Waals surface area (Å²) >= 11 is 0. The molecular weight excluding hydrogens is 307 g/mol. The number of piperazine rings is 1. The first-order valence-corrected chi connectivity index (χ1v) is 7.67. The summed E-state index contributed by atoms with van der Waals surface area (Å²) in [5.74, 6) is -1.37. The zero-order chi connectivity index (χ0) is 15.5. The van der Waals surface area contributed by atoms with Crippen LogP contribution in [0.2, 0.25) is 0 Å². The van der Waals surface area contributed by atoms with Gasteiger partial charge in [0.15, 0.2) is 0 Å². The molecule has 1 aromatic carbocycles. The standard InChI is InChI=1S/C12H14F3N3O2S/c13-12(14,15)11(18-8-6-16-7-9-18)17-21(19,20)10-4-2-1-3-5-10/h1-5,16H,6-9H2/b17-11+. The Morgan fingerprint density at radius 3 is 2.24 bits per heavy atom. The zero-order valence-corrected chi connectivity index (χ0v) is 11.8. The van der Waals surface area contributed by atoms with Gasteiger partial charge in [0.1, 0.15) is 0 Å². The van der Waals surface area contributed by atoms with E-state index < -0.39 is 22.0 Å². The van der Waals surface area contributed by atoms with Crippen molar-refractivity contribution in [3.05, 3.63) is 30.3 Å². The molecule has 2 rings (SSSR count). The van der Waals surface area contributed by atoms with E-state index in [2.05, 4.69) is 9.71 Å². The molecule has 0 unspecified atom stereocenters. The highest BCUT2D eigenvalue weighted by molar-refractivity contribution is 7.90. The van der Waals surface area contributed by atoms with E-state index in [0.717, 1.165) is 4.90 Å². The molecule has 1 N–H and O–H groups in total. The number of rotatable bonds is 2. The summed E-state index contributed by atoms with van der Waals surface area (Å²) in [5, 5.41) is 2.90. The van der Waals surface area contributed by atoms with Crippen LogP contribution in [0.25, 0.3) is 0 Å². The fraction of sp³-hybridized carbons (Fsp3) is 0.417. The normalized spacial score (nSPS) is 17.9. The average Bonchev–Trinajstić information content (AvgIpc) is 2.46. The predicted molar refractivity (Wildman–Crippen MR) is 71.6 cm³/mol. The van der Waals surface area contributed by atoms with Crippen LogP contribution in [0.1, 0.15) is 0 Å². The third-order valence-electron chi connectivity index (χ3n) is 2.92. The van der Waals surface area contributed by atoms with Crippen molar-refractivity contribution in [3.63, 3.8) is 0 Å². The molecule has 1 fully saturated rings. The fourth-order valence-corrected chi connectivity index (χ4v) is 2.98. The fourth-order valence-electron chi connectivity index (χ4n) is 1.92. The molecule has 0 radical (unpaired) electrons. The van der Waals surface area contributed by atoms with Crippen molar-refractivity contribution in [3.8, 4) is 0 Å². The van der Waals surface area contributed by atoms with Crippen molar-refractivity contribution >= 4 is 15.9 Å². The number of nitrogens with zero attached hydrogens (tertiary/aromatic N) is 2. The maximum atomic E-state index is 13.1. The number of nitrogens with one attached hydrogen (secondary N) is 1. The highest BCUT2D eigenvalue weighted by atomic mass is 32.2. The molecule has 0 atom stereocenters. The molecule has 1 aliphatic heterocycles. The summed E-state index contributed by atoms with van der Waals surface area (Å²) < 4.78 is 66.3. The van der Waals surface area contributed by atoms with Gasteiger partial charge in [-0.2, -0.15) is 21.6 Å². The van der Waals surface area contributed by atoms with E-state index >= 15 is 0 Å². The lowest BCUT2D eigenvalue weighted by atomic mass is 10.3. The zero-order valence-electron chi connectivity index (χ0n) is 11.0. The second-order valence-corrected chi connectivity index (χ2v) is 6.04. The van der Waals surface area contributed by atoms with Gasteiger partial charge in [-0.1, -0.05) is 18.2 Å². The van der Waals surface area contributed by atoms with E-state index in [1.165, 1.54) is 24.3 Å². The predicted octanol–water partition coefficient (Wildman–Crippen LogP) is 1.24. The van der Waals surface area contributed by atoms with E-state index in [-0.39, 0.29) is 18.0 Å². The molecule has 0 bridgehead atoms. The molecule has 5 nitrogen and oxygen atoms in total. The summed E-state index contributed by atoms with van der Waals surface area (Å²) in [7, 11) is -4.39. The minimum Gasteiger partial charge on any atom is -0.349 e. The third-order valence-corrected chi connectivity index (χ3v) is 4.20. The van der Waals surface area contributed by atoms with Crippen molar-refractivity contribution in [2.45, 2.75) is 11.1 Å². The number of amidine groups is 1. The van der Waals surface area contributed by atoms with Crippen molar-refractivity contribution < 1.29 is 21.6 Å². The summed E-state index contributed by atoms with van der Waals surface area (Å²) in [6, 6.07) is 6.86. The van der Waals surface area contributed by atoms with Gasteiger partial charge >= 0.3 is 6.18 Å². The molecule has 0 amide bonds. The van der Waals surface area contributed by atoms with Gasteiger partial charge in [0.2, 0.25) is 5.84 Å². The van der Waals surface area contributed by atoms with Crippen LogP contribution in [-0.2, 0) is 10.0 Å². The van der Waals surface area contributed by atoms with E-state index in [9.17, 15) is 21.6 Å². The van der Waals surface area contributed by atoms with E-state index in [4.69, 9.17) is 0 Å². The van der Waals surface area contributed by atoms with Crippen molar-refractivity contribution in [2.24, 2.45) is 4.40 Å². The molecule has 0 saturated carbocycles. The third kappa shape index (κ3) is 3.94. The smallest absolute Gasteiger partial charge is 0.349 e. The number of benzene rings is 1. The number of hydrogen-bond donors (Lipinski definition) is 1. The Labute approximate surface area is 120 Å². The first kappa shape index (κ1) is 15.8. The monoisotopic (exact) mass is 321 g/mol. The topological polar surface area (TPSA) is 61.8 Å². The number of alkyl halides is 3. The highest BCUT2D eigenvalue weighted by Gasteiger charge is 2.41. The minimum absolute atomic E-state index is 0.0582. The highest BCUT2D eigenvalue weighted by Crippen LogP contribution is 2.23. The molecule has 1 saturated heterocycles. The van der Waals surface area contributed by atoms with Crippen LogP contribution in [-0.4, -0.2) is 51.5 Å². The Morgan fingerprint density at radius 2 is 1.71 bits per heavy atom. The molecule has 1 heterocycles. The van der Waals surface area contributed by atoms with Crippen LogP contribution in [0, 0.1) is 0 Å². The van der Waals surface area contributed by atoms with Gasteiger partial charge in [0, 0.05) is 26.2 Å². The van der Waals surface area contributed by atoms with Crippen LogP contribution in [0.3, 0.4) is 0 Å². The van der Waals surface area contributed by atoms with Crippen LogP contribution in [0.15, 0.2) is 39.6 Å². The molecular formula is C12H14F3N3O2S. The molecule has 9 heteroatoms. The largest absolute Gasteiger partial charge is 0.450 e. The van der Waals surface area contributed by atoms with Crippen molar-refractivity contribution in [1.29, 1.82) is 0 Å². The molecule has 21 heavy (non-hydrogen) atoms. The van der Waals surface area contributed by atoms with Gasteiger partial charge in [-0.05, 0) is 12.1 Å². The summed E-state index contributed by atoms with van der Waals surface area (Å²) in [4.78, 5) is 0.679.